The number of ether oxygens (including phenoxy) is 1. The van der Waals surface area contributed by atoms with Crippen LogP contribution < -0.4 is 10.6 Å². The third kappa shape index (κ3) is 3.66. The molecule has 0 aromatic heterocycles. The Morgan fingerprint density at radius 1 is 1.47 bits per heavy atom. The summed E-state index contributed by atoms with van der Waals surface area (Å²) < 4.78 is 5.30. The van der Waals surface area contributed by atoms with Gasteiger partial charge in [0.05, 0.1) is 13.2 Å². The molecule has 0 radical (unpaired) electrons. The highest BCUT2D eigenvalue weighted by molar-refractivity contribution is 5.82. The van der Waals surface area contributed by atoms with Crippen LogP contribution in [-0.4, -0.2) is 62.3 Å². The van der Waals surface area contributed by atoms with Crippen LogP contribution in [0.3, 0.4) is 0 Å². The summed E-state index contributed by atoms with van der Waals surface area (Å²) in [5.41, 5.74) is 0. The van der Waals surface area contributed by atoms with Crippen molar-refractivity contribution in [3.63, 3.8) is 0 Å². The zero-order valence-corrected chi connectivity index (χ0v) is 10.6. The molecule has 1 atom stereocenters. The van der Waals surface area contributed by atoms with E-state index in [1.165, 1.54) is 0 Å². The Balaban J connectivity index is 1.71. The zero-order chi connectivity index (χ0) is 12.1. The summed E-state index contributed by atoms with van der Waals surface area (Å²) in [6, 6.07) is 0.182. The van der Waals surface area contributed by atoms with E-state index in [0.29, 0.717) is 19.3 Å². The van der Waals surface area contributed by atoms with Gasteiger partial charge in [-0.1, -0.05) is 6.92 Å². The molecule has 5 heteroatoms. The number of morpholine rings is 1. The van der Waals surface area contributed by atoms with Crippen LogP contribution in [0.5, 0.6) is 0 Å². The first-order valence-corrected chi connectivity index (χ1v) is 6.63. The quantitative estimate of drug-likeness (QED) is 0.704. The van der Waals surface area contributed by atoms with Crippen molar-refractivity contribution in [3.8, 4) is 0 Å². The first-order valence-electron chi connectivity index (χ1n) is 6.63. The molecule has 5 nitrogen and oxygen atoms in total. The second-order valence-corrected chi connectivity index (χ2v) is 4.80. The molecule has 0 spiro atoms. The van der Waals surface area contributed by atoms with E-state index >= 15 is 0 Å². The molecular weight excluding hydrogens is 218 g/mol. The SMILES string of the molecule is CCN1CCC(NC(=O)C2COCCN2)CC1. The Morgan fingerprint density at radius 2 is 2.24 bits per heavy atom. The highest BCUT2D eigenvalue weighted by Gasteiger charge is 2.25. The van der Waals surface area contributed by atoms with Gasteiger partial charge >= 0.3 is 0 Å². The van der Waals surface area contributed by atoms with E-state index in [-0.39, 0.29) is 11.9 Å². The Hall–Kier alpha value is -0.650. The van der Waals surface area contributed by atoms with Crippen molar-refractivity contribution in [2.75, 3.05) is 39.4 Å². The summed E-state index contributed by atoms with van der Waals surface area (Å²) in [6.07, 6.45) is 2.13. The van der Waals surface area contributed by atoms with E-state index in [0.717, 1.165) is 39.0 Å². The summed E-state index contributed by atoms with van der Waals surface area (Å²) in [7, 11) is 0. The summed E-state index contributed by atoms with van der Waals surface area (Å²) in [5, 5.41) is 6.31. The predicted molar refractivity (Wildman–Crippen MR) is 65.9 cm³/mol. The Bertz CT molecular complexity index is 246. The molecule has 0 aromatic carbocycles. The molecule has 2 rings (SSSR count). The van der Waals surface area contributed by atoms with Crippen molar-refractivity contribution in [2.45, 2.75) is 31.8 Å². The number of amides is 1. The molecule has 0 aliphatic carbocycles. The number of likely N-dealkylation sites (tertiary alicyclic amines) is 1. The Kier molecular flexibility index (Phi) is 4.76. The average Bonchev–Trinajstić information content (AvgIpc) is 2.40. The second kappa shape index (κ2) is 6.33. The lowest BCUT2D eigenvalue weighted by Crippen LogP contribution is -2.54. The van der Waals surface area contributed by atoms with Crippen LogP contribution >= 0.6 is 0 Å². The van der Waals surface area contributed by atoms with Crippen molar-refractivity contribution in [1.82, 2.24) is 15.5 Å². The average molecular weight is 241 g/mol. The first-order chi connectivity index (χ1) is 8.29. The largest absolute Gasteiger partial charge is 0.378 e. The molecule has 2 heterocycles. The van der Waals surface area contributed by atoms with Crippen LogP contribution in [0.4, 0.5) is 0 Å². The predicted octanol–water partition coefficient (Wildman–Crippen LogP) is -0.425. The molecule has 2 saturated heterocycles. The fourth-order valence-electron chi connectivity index (χ4n) is 2.43. The van der Waals surface area contributed by atoms with Crippen molar-refractivity contribution < 1.29 is 9.53 Å². The normalized spacial score (nSPS) is 27.9. The lowest BCUT2D eigenvalue weighted by Gasteiger charge is -2.32. The highest BCUT2D eigenvalue weighted by atomic mass is 16.5. The van der Waals surface area contributed by atoms with Crippen LogP contribution in [0.2, 0.25) is 0 Å². The van der Waals surface area contributed by atoms with Gasteiger partial charge in [-0.05, 0) is 19.4 Å². The number of hydrogen-bond donors (Lipinski definition) is 2. The molecule has 2 aliphatic heterocycles. The van der Waals surface area contributed by atoms with E-state index in [2.05, 4.69) is 22.5 Å². The van der Waals surface area contributed by atoms with Crippen LogP contribution in [0.15, 0.2) is 0 Å². The number of rotatable bonds is 3. The van der Waals surface area contributed by atoms with Crippen LogP contribution in [0.25, 0.3) is 0 Å². The Labute approximate surface area is 103 Å². The number of carbonyl (C=O) groups is 1. The van der Waals surface area contributed by atoms with E-state index < -0.39 is 0 Å². The lowest BCUT2D eigenvalue weighted by atomic mass is 10.0. The molecule has 0 aromatic rings. The minimum absolute atomic E-state index is 0.0969. The monoisotopic (exact) mass is 241 g/mol. The molecule has 98 valence electrons. The maximum Gasteiger partial charge on any atom is 0.239 e. The van der Waals surface area contributed by atoms with Crippen molar-refractivity contribution in [1.29, 1.82) is 0 Å². The standard InChI is InChI=1S/C12H23N3O2/c1-2-15-6-3-10(4-7-15)14-12(16)11-9-17-8-5-13-11/h10-11,13H,2-9H2,1H3,(H,14,16). The van der Waals surface area contributed by atoms with Crippen LogP contribution in [0, 0.1) is 0 Å². The maximum atomic E-state index is 12.0. The minimum Gasteiger partial charge on any atom is -0.378 e. The number of nitrogens with one attached hydrogen (secondary N) is 2. The topological polar surface area (TPSA) is 53.6 Å². The van der Waals surface area contributed by atoms with Gasteiger partial charge in [-0.25, -0.2) is 0 Å². The van der Waals surface area contributed by atoms with E-state index in [9.17, 15) is 4.79 Å². The molecule has 0 bridgehead atoms. The number of nitrogens with zero attached hydrogens (tertiary/aromatic N) is 1. The van der Waals surface area contributed by atoms with E-state index in [1.807, 2.05) is 0 Å². The highest BCUT2D eigenvalue weighted by Crippen LogP contribution is 2.10. The van der Waals surface area contributed by atoms with Crippen molar-refractivity contribution >= 4 is 5.91 Å². The molecule has 2 fully saturated rings. The molecule has 1 amide bonds. The van der Waals surface area contributed by atoms with Crippen LogP contribution in [-0.2, 0) is 9.53 Å². The van der Waals surface area contributed by atoms with Gasteiger partial charge in [0.2, 0.25) is 5.91 Å². The van der Waals surface area contributed by atoms with Crippen molar-refractivity contribution in [2.24, 2.45) is 0 Å². The maximum absolute atomic E-state index is 12.0. The second-order valence-electron chi connectivity index (χ2n) is 4.80. The number of piperidine rings is 1. The van der Waals surface area contributed by atoms with Gasteiger partial charge in [-0.2, -0.15) is 0 Å². The summed E-state index contributed by atoms with van der Waals surface area (Å²) in [6.45, 7) is 7.46. The molecule has 17 heavy (non-hydrogen) atoms. The molecular formula is C12H23N3O2. The molecule has 2 aliphatic rings. The van der Waals surface area contributed by atoms with E-state index in [4.69, 9.17) is 4.74 Å². The van der Waals surface area contributed by atoms with Crippen LogP contribution in [0.1, 0.15) is 19.8 Å². The third-order valence-electron chi connectivity index (χ3n) is 3.62. The number of carbonyl (C=O) groups excluding carboxylic acids is 1. The lowest BCUT2D eigenvalue weighted by molar-refractivity contribution is -0.126. The van der Waals surface area contributed by atoms with Gasteiger partial charge in [0, 0.05) is 25.7 Å². The fourth-order valence-corrected chi connectivity index (χ4v) is 2.43. The van der Waals surface area contributed by atoms with Gasteiger partial charge in [0.25, 0.3) is 0 Å². The summed E-state index contributed by atoms with van der Waals surface area (Å²) >= 11 is 0. The summed E-state index contributed by atoms with van der Waals surface area (Å²) in [5.74, 6) is 0.0969. The first kappa shape index (κ1) is 12.8. The smallest absolute Gasteiger partial charge is 0.239 e. The zero-order valence-electron chi connectivity index (χ0n) is 10.6. The van der Waals surface area contributed by atoms with Gasteiger partial charge in [0.1, 0.15) is 6.04 Å². The molecule has 0 saturated carbocycles. The van der Waals surface area contributed by atoms with E-state index in [1.54, 1.807) is 0 Å². The van der Waals surface area contributed by atoms with Crippen molar-refractivity contribution in [3.05, 3.63) is 0 Å². The minimum atomic E-state index is -0.159. The van der Waals surface area contributed by atoms with Gasteiger partial charge in [0.15, 0.2) is 0 Å². The van der Waals surface area contributed by atoms with Gasteiger partial charge in [-0.15, -0.1) is 0 Å². The third-order valence-corrected chi connectivity index (χ3v) is 3.62. The number of hydrogen-bond acceptors (Lipinski definition) is 4. The molecule has 2 N–H and O–H groups in total. The molecule has 1 unspecified atom stereocenters. The Morgan fingerprint density at radius 3 is 2.82 bits per heavy atom. The summed E-state index contributed by atoms with van der Waals surface area (Å²) in [4.78, 5) is 14.4. The fraction of sp³-hybridized carbons (Fsp3) is 0.917. The van der Waals surface area contributed by atoms with Gasteiger partial charge < -0.3 is 20.3 Å². The van der Waals surface area contributed by atoms with Gasteiger partial charge in [-0.3, -0.25) is 4.79 Å².